The molecule has 3 aromatic rings. The maximum absolute atomic E-state index is 12.2. The molecule has 1 heterocycles. The number of ether oxygens (including phenoxy) is 2. The predicted octanol–water partition coefficient (Wildman–Crippen LogP) is 3.14. The molecule has 0 unspecified atom stereocenters. The second-order valence-corrected chi connectivity index (χ2v) is 6.13. The summed E-state index contributed by atoms with van der Waals surface area (Å²) < 4.78 is 12.3. The summed E-state index contributed by atoms with van der Waals surface area (Å²) in [5.41, 5.74) is 2.94. The van der Waals surface area contributed by atoms with E-state index in [-0.39, 0.29) is 5.91 Å². The van der Waals surface area contributed by atoms with E-state index in [0.29, 0.717) is 19.4 Å². The minimum atomic E-state index is -0.00996. The third kappa shape index (κ3) is 5.10. The van der Waals surface area contributed by atoms with Crippen LogP contribution >= 0.6 is 0 Å². The standard InChI is InChI=1S/C21H23N3O3/c1-26-19-10-16(11-20(12-19)27-2)8-9-21(25)22-13-17-14-23-24(15-17)18-6-4-3-5-7-18/h3-7,10-12,14-15H,8-9,13H2,1-2H3,(H,22,25). The van der Waals surface area contributed by atoms with Gasteiger partial charge in [0.05, 0.1) is 26.1 Å². The maximum Gasteiger partial charge on any atom is 0.220 e. The molecule has 0 saturated carbocycles. The minimum Gasteiger partial charge on any atom is -0.497 e. The number of methoxy groups -OCH3 is 2. The molecule has 0 spiro atoms. The second-order valence-electron chi connectivity index (χ2n) is 6.13. The minimum absolute atomic E-state index is 0.00996. The molecule has 0 radical (unpaired) electrons. The van der Waals surface area contributed by atoms with Crippen molar-refractivity contribution in [1.29, 1.82) is 0 Å². The number of hydrogen-bond donors (Lipinski definition) is 1. The molecule has 0 atom stereocenters. The SMILES string of the molecule is COc1cc(CCC(=O)NCc2cnn(-c3ccccc3)c2)cc(OC)c1. The number of aromatic nitrogens is 2. The molecule has 1 N–H and O–H groups in total. The predicted molar refractivity (Wildman–Crippen MR) is 103 cm³/mol. The number of nitrogens with zero attached hydrogens (tertiary/aromatic N) is 2. The lowest BCUT2D eigenvalue weighted by molar-refractivity contribution is -0.121. The number of amides is 1. The Bertz CT molecular complexity index is 868. The average molecular weight is 365 g/mol. The van der Waals surface area contributed by atoms with Crippen LogP contribution in [-0.4, -0.2) is 29.9 Å². The molecular weight excluding hydrogens is 342 g/mol. The third-order valence-corrected chi connectivity index (χ3v) is 4.20. The number of carbonyl (C=O) groups excluding carboxylic acids is 1. The van der Waals surface area contributed by atoms with Gasteiger partial charge >= 0.3 is 0 Å². The van der Waals surface area contributed by atoms with Crippen molar-refractivity contribution in [2.24, 2.45) is 0 Å². The number of nitrogens with one attached hydrogen (secondary N) is 1. The van der Waals surface area contributed by atoms with E-state index in [4.69, 9.17) is 9.47 Å². The van der Waals surface area contributed by atoms with Gasteiger partial charge in [0.25, 0.3) is 0 Å². The highest BCUT2D eigenvalue weighted by molar-refractivity contribution is 5.76. The molecule has 6 nitrogen and oxygen atoms in total. The number of para-hydroxylation sites is 1. The number of aryl methyl sites for hydroxylation is 1. The zero-order valence-electron chi connectivity index (χ0n) is 15.5. The van der Waals surface area contributed by atoms with Crippen LogP contribution in [0.15, 0.2) is 60.9 Å². The highest BCUT2D eigenvalue weighted by Gasteiger charge is 2.07. The van der Waals surface area contributed by atoms with Crippen molar-refractivity contribution in [3.8, 4) is 17.2 Å². The normalized spacial score (nSPS) is 10.4. The van der Waals surface area contributed by atoms with Gasteiger partial charge in [0.1, 0.15) is 11.5 Å². The van der Waals surface area contributed by atoms with Crippen molar-refractivity contribution in [3.63, 3.8) is 0 Å². The number of benzene rings is 2. The molecule has 140 valence electrons. The zero-order chi connectivity index (χ0) is 19.1. The monoisotopic (exact) mass is 365 g/mol. The van der Waals surface area contributed by atoms with Gasteiger partial charge in [-0.1, -0.05) is 18.2 Å². The van der Waals surface area contributed by atoms with Crippen molar-refractivity contribution in [2.75, 3.05) is 14.2 Å². The number of rotatable bonds is 8. The molecule has 0 aliphatic carbocycles. The van der Waals surface area contributed by atoms with Gasteiger partial charge < -0.3 is 14.8 Å². The first-order chi connectivity index (χ1) is 13.2. The zero-order valence-corrected chi connectivity index (χ0v) is 15.5. The van der Waals surface area contributed by atoms with Gasteiger partial charge in [-0.25, -0.2) is 4.68 Å². The Morgan fingerprint density at radius 3 is 2.41 bits per heavy atom. The average Bonchev–Trinajstić information content (AvgIpc) is 3.20. The fourth-order valence-electron chi connectivity index (χ4n) is 2.73. The Kier molecular flexibility index (Phi) is 6.10. The van der Waals surface area contributed by atoms with Crippen LogP contribution in [-0.2, 0) is 17.8 Å². The van der Waals surface area contributed by atoms with Gasteiger partial charge in [-0.05, 0) is 36.2 Å². The highest BCUT2D eigenvalue weighted by atomic mass is 16.5. The van der Waals surface area contributed by atoms with E-state index in [1.54, 1.807) is 25.1 Å². The lowest BCUT2D eigenvalue weighted by Gasteiger charge is -2.08. The van der Waals surface area contributed by atoms with Crippen LogP contribution in [0.5, 0.6) is 11.5 Å². The molecule has 0 bridgehead atoms. The highest BCUT2D eigenvalue weighted by Crippen LogP contribution is 2.23. The topological polar surface area (TPSA) is 65.4 Å². The molecule has 0 saturated heterocycles. The summed E-state index contributed by atoms with van der Waals surface area (Å²) in [6.07, 6.45) is 4.69. The van der Waals surface area contributed by atoms with E-state index >= 15 is 0 Å². The van der Waals surface area contributed by atoms with Crippen LogP contribution in [0.4, 0.5) is 0 Å². The molecule has 2 aromatic carbocycles. The van der Waals surface area contributed by atoms with Gasteiger partial charge in [0.15, 0.2) is 0 Å². The fraction of sp³-hybridized carbons (Fsp3) is 0.238. The Morgan fingerprint density at radius 1 is 1.04 bits per heavy atom. The first kappa shape index (κ1) is 18.5. The van der Waals surface area contributed by atoms with Crippen molar-refractivity contribution in [2.45, 2.75) is 19.4 Å². The van der Waals surface area contributed by atoms with Crippen molar-refractivity contribution in [1.82, 2.24) is 15.1 Å². The first-order valence-electron chi connectivity index (χ1n) is 8.75. The van der Waals surface area contributed by atoms with E-state index in [1.807, 2.05) is 54.7 Å². The van der Waals surface area contributed by atoms with Crippen LogP contribution in [0.1, 0.15) is 17.5 Å². The summed E-state index contributed by atoms with van der Waals surface area (Å²) >= 11 is 0. The fourth-order valence-corrected chi connectivity index (χ4v) is 2.73. The molecule has 1 amide bonds. The van der Waals surface area contributed by atoms with Crippen molar-refractivity contribution < 1.29 is 14.3 Å². The Hall–Kier alpha value is -3.28. The van der Waals surface area contributed by atoms with Crippen molar-refractivity contribution >= 4 is 5.91 Å². The maximum atomic E-state index is 12.2. The van der Waals surface area contributed by atoms with Gasteiger partial charge in [0, 0.05) is 30.8 Å². The second kappa shape index (κ2) is 8.89. The quantitative estimate of drug-likeness (QED) is 0.666. The van der Waals surface area contributed by atoms with Gasteiger partial charge in [-0.15, -0.1) is 0 Å². The Balaban J connectivity index is 1.51. The molecule has 1 aromatic heterocycles. The van der Waals surface area contributed by atoms with E-state index in [0.717, 1.165) is 28.3 Å². The van der Waals surface area contributed by atoms with E-state index < -0.39 is 0 Å². The smallest absolute Gasteiger partial charge is 0.220 e. The summed E-state index contributed by atoms with van der Waals surface area (Å²) in [4.78, 5) is 12.2. The summed E-state index contributed by atoms with van der Waals surface area (Å²) in [6.45, 7) is 0.451. The summed E-state index contributed by atoms with van der Waals surface area (Å²) in [6, 6.07) is 15.5. The molecule has 27 heavy (non-hydrogen) atoms. The van der Waals surface area contributed by atoms with Crippen molar-refractivity contribution in [3.05, 3.63) is 72.1 Å². The molecule has 6 heteroatoms. The summed E-state index contributed by atoms with van der Waals surface area (Å²) in [7, 11) is 3.22. The molecule has 0 aliphatic heterocycles. The number of carbonyl (C=O) groups is 1. The van der Waals surface area contributed by atoms with Crippen LogP contribution in [0.3, 0.4) is 0 Å². The summed E-state index contributed by atoms with van der Waals surface area (Å²) in [5, 5.41) is 7.27. The molecule has 3 rings (SSSR count). The largest absolute Gasteiger partial charge is 0.497 e. The lowest BCUT2D eigenvalue weighted by Crippen LogP contribution is -2.22. The molecule has 0 fully saturated rings. The Labute approximate surface area is 158 Å². The van der Waals surface area contributed by atoms with E-state index in [1.165, 1.54) is 0 Å². The first-order valence-corrected chi connectivity index (χ1v) is 8.75. The molecule has 0 aliphatic rings. The number of hydrogen-bond acceptors (Lipinski definition) is 4. The van der Waals surface area contributed by atoms with E-state index in [2.05, 4.69) is 10.4 Å². The van der Waals surface area contributed by atoms with E-state index in [9.17, 15) is 4.79 Å². The molecular formula is C21H23N3O3. The Morgan fingerprint density at radius 2 is 1.74 bits per heavy atom. The lowest BCUT2D eigenvalue weighted by atomic mass is 10.1. The van der Waals surface area contributed by atoms with Gasteiger partial charge in [0.2, 0.25) is 5.91 Å². The van der Waals surface area contributed by atoms with Crippen LogP contribution in [0.2, 0.25) is 0 Å². The summed E-state index contributed by atoms with van der Waals surface area (Å²) in [5.74, 6) is 1.43. The van der Waals surface area contributed by atoms with Crippen LogP contribution < -0.4 is 14.8 Å². The van der Waals surface area contributed by atoms with Gasteiger partial charge in [-0.2, -0.15) is 5.10 Å². The van der Waals surface area contributed by atoms with Crippen LogP contribution in [0.25, 0.3) is 5.69 Å². The van der Waals surface area contributed by atoms with Gasteiger partial charge in [-0.3, -0.25) is 4.79 Å². The third-order valence-electron chi connectivity index (χ3n) is 4.20. The van der Waals surface area contributed by atoms with Crippen LogP contribution in [0, 0.1) is 0 Å².